The van der Waals surface area contributed by atoms with Crippen LogP contribution in [0.2, 0.25) is 0 Å². The van der Waals surface area contributed by atoms with Crippen LogP contribution in [0.15, 0.2) is 23.2 Å². The second-order valence-electron chi connectivity index (χ2n) is 6.43. The summed E-state index contributed by atoms with van der Waals surface area (Å²) in [6, 6.07) is 2.42. The molecule has 0 atom stereocenters. The lowest BCUT2D eigenvalue weighted by molar-refractivity contribution is -0.153. The highest BCUT2D eigenvalue weighted by Gasteiger charge is 2.33. The molecule has 0 fully saturated rings. The number of guanidine groups is 1. The molecule has 1 aromatic carbocycles. The van der Waals surface area contributed by atoms with Crippen molar-refractivity contribution < 1.29 is 27.1 Å². The molecule has 0 spiro atoms. The lowest BCUT2D eigenvalue weighted by atomic mass is 10.1. The van der Waals surface area contributed by atoms with Crippen molar-refractivity contribution in [1.29, 1.82) is 0 Å². The maximum atomic E-state index is 13.1. The summed E-state index contributed by atoms with van der Waals surface area (Å²) >= 11 is 0. The molecule has 0 heterocycles. The lowest BCUT2D eigenvalue weighted by Crippen LogP contribution is -2.41. The van der Waals surface area contributed by atoms with Gasteiger partial charge in [0.25, 0.3) is 0 Å². The second-order valence-corrected chi connectivity index (χ2v) is 6.43. The van der Waals surface area contributed by atoms with E-state index >= 15 is 0 Å². The monoisotopic (exact) mass is 505 g/mol. The lowest BCUT2D eigenvalue weighted by Gasteiger charge is -2.20. The van der Waals surface area contributed by atoms with Gasteiger partial charge in [-0.25, -0.2) is 9.38 Å². The Bertz CT molecular complexity index is 659. The van der Waals surface area contributed by atoms with E-state index in [4.69, 9.17) is 4.74 Å². The first-order valence-corrected chi connectivity index (χ1v) is 8.02. The van der Waals surface area contributed by atoms with Crippen LogP contribution in [-0.4, -0.2) is 30.6 Å². The van der Waals surface area contributed by atoms with E-state index in [1.54, 1.807) is 27.7 Å². The Morgan fingerprint density at radius 3 is 2.33 bits per heavy atom. The molecule has 0 aliphatic heterocycles. The van der Waals surface area contributed by atoms with Gasteiger partial charge in [-0.3, -0.25) is 4.79 Å². The minimum absolute atomic E-state index is 0. The van der Waals surface area contributed by atoms with Crippen LogP contribution in [0.25, 0.3) is 0 Å². The van der Waals surface area contributed by atoms with Crippen LogP contribution in [0, 0.1) is 5.82 Å². The molecule has 0 amide bonds. The Labute approximate surface area is 173 Å². The topological polar surface area (TPSA) is 62.7 Å². The zero-order chi connectivity index (χ0) is 20.0. The predicted molar refractivity (Wildman–Crippen MR) is 105 cm³/mol. The number of nitrogens with zero attached hydrogens (tertiary/aromatic N) is 1. The summed E-state index contributed by atoms with van der Waals surface area (Å²) in [5, 5.41) is 5.51. The largest absolute Gasteiger partial charge is 0.459 e. The van der Waals surface area contributed by atoms with E-state index in [-0.39, 0.29) is 48.6 Å². The van der Waals surface area contributed by atoms with Gasteiger partial charge in [0, 0.05) is 6.54 Å². The third-order valence-electron chi connectivity index (χ3n) is 2.95. The van der Waals surface area contributed by atoms with Gasteiger partial charge in [-0.2, -0.15) is 13.2 Å². The first kappa shape index (κ1) is 25.4. The van der Waals surface area contributed by atoms with Gasteiger partial charge in [0.2, 0.25) is 0 Å². The number of alkyl halides is 3. The van der Waals surface area contributed by atoms with Crippen molar-refractivity contribution in [2.75, 3.05) is 13.1 Å². The van der Waals surface area contributed by atoms with E-state index in [1.165, 1.54) is 0 Å². The summed E-state index contributed by atoms with van der Waals surface area (Å²) in [6.07, 6.45) is -4.69. The number of carbonyl (C=O) groups excluding carboxylic acids is 1. The molecule has 0 saturated carbocycles. The number of halogens is 5. The predicted octanol–water partition coefficient (Wildman–Crippen LogP) is 3.86. The number of nitrogens with one attached hydrogen (secondary N) is 2. The first-order valence-electron chi connectivity index (χ1n) is 8.02. The zero-order valence-corrected chi connectivity index (χ0v) is 17.9. The number of esters is 1. The minimum Gasteiger partial charge on any atom is -0.459 e. The zero-order valence-electron chi connectivity index (χ0n) is 15.5. The molecule has 0 aromatic heterocycles. The maximum absolute atomic E-state index is 13.1. The van der Waals surface area contributed by atoms with Crippen molar-refractivity contribution in [2.24, 2.45) is 4.99 Å². The first-order chi connectivity index (χ1) is 11.9. The molecule has 10 heteroatoms. The quantitative estimate of drug-likeness (QED) is 0.210. The molecule has 0 saturated heterocycles. The molecule has 0 aliphatic rings. The van der Waals surface area contributed by atoms with Crippen molar-refractivity contribution >= 4 is 35.9 Å². The fourth-order valence-corrected chi connectivity index (χ4v) is 1.99. The molecular formula is C17H24F4IN3O2. The fraction of sp³-hybridized carbons (Fsp3) is 0.529. The summed E-state index contributed by atoms with van der Waals surface area (Å²) < 4.78 is 57.3. The third kappa shape index (κ3) is 9.78. The van der Waals surface area contributed by atoms with Crippen LogP contribution in [0.4, 0.5) is 17.6 Å². The average molecular weight is 505 g/mol. The number of ether oxygens (including phenoxy) is 1. The molecule has 1 aromatic rings. The highest BCUT2D eigenvalue weighted by atomic mass is 127. The van der Waals surface area contributed by atoms with Crippen molar-refractivity contribution in [3.05, 3.63) is 35.1 Å². The summed E-state index contributed by atoms with van der Waals surface area (Å²) in [4.78, 5) is 15.7. The van der Waals surface area contributed by atoms with Gasteiger partial charge in [0.15, 0.2) is 5.96 Å². The van der Waals surface area contributed by atoms with Gasteiger partial charge in [-0.15, -0.1) is 24.0 Å². The molecule has 0 radical (unpaired) electrons. The smallest absolute Gasteiger partial charge is 0.416 e. The summed E-state index contributed by atoms with van der Waals surface area (Å²) in [7, 11) is 0. The minimum atomic E-state index is -4.69. The highest BCUT2D eigenvalue weighted by Crippen LogP contribution is 2.32. The Hall–Kier alpha value is -1.59. The molecule has 0 unspecified atom stereocenters. The Balaban J connectivity index is 0.00000676. The Kier molecular flexibility index (Phi) is 10.0. The molecular weight excluding hydrogens is 481 g/mol. The van der Waals surface area contributed by atoms with Crippen LogP contribution >= 0.6 is 24.0 Å². The Morgan fingerprint density at radius 2 is 1.81 bits per heavy atom. The van der Waals surface area contributed by atoms with E-state index in [9.17, 15) is 22.4 Å². The summed E-state index contributed by atoms with van der Waals surface area (Å²) in [5.41, 5.74) is -1.90. The van der Waals surface area contributed by atoms with Crippen LogP contribution in [0.1, 0.15) is 38.8 Å². The number of rotatable bonds is 5. The van der Waals surface area contributed by atoms with E-state index in [1.807, 2.05) is 0 Å². The normalized spacial score (nSPS) is 12.2. The fourth-order valence-electron chi connectivity index (χ4n) is 1.99. The van der Waals surface area contributed by atoms with Crippen LogP contribution < -0.4 is 10.6 Å². The van der Waals surface area contributed by atoms with Crippen LogP contribution in [-0.2, 0) is 22.3 Å². The molecule has 154 valence electrons. The number of hydrogen-bond acceptors (Lipinski definition) is 3. The Morgan fingerprint density at radius 1 is 1.19 bits per heavy atom. The van der Waals surface area contributed by atoms with Gasteiger partial charge >= 0.3 is 12.1 Å². The average Bonchev–Trinajstić information content (AvgIpc) is 2.48. The van der Waals surface area contributed by atoms with Gasteiger partial charge in [0.05, 0.1) is 12.1 Å². The summed E-state index contributed by atoms with van der Waals surface area (Å²) in [5.74, 6) is -1.35. The molecule has 5 nitrogen and oxygen atoms in total. The molecule has 2 N–H and O–H groups in total. The SMILES string of the molecule is CCNC(=NCc1ccc(F)cc1C(F)(F)F)NCC(=O)OC(C)(C)C.I. The van der Waals surface area contributed by atoms with Gasteiger partial charge in [0.1, 0.15) is 18.0 Å². The highest BCUT2D eigenvalue weighted by molar-refractivity contribution is 14.0. The summed E-state index contributed by atoms with van der Waals surface area (Å²) in [6.45, 7) is 6.84. The second kappa shape index (κ2) is 10.7. The van der Waals surface area contributed by atoms with Gasteiger partial charge in [-0.1, -0.05) is 6.07 Å². The van der Waals surface area contributed by atoms with Crippen LogP contribution in [0.5, 0.6) is 0 Å². The molecule has 0 aliphatic carbocycles. The van der Waals surface area contributed by atoms with Crippen molar-refractivity contribution in [3.63, 3.8) is 0 Å². The van der Waals surface area contributed by atoms with E-state index in [0.717, 1.165) is 12.1 Å². The van der Waals surface area contributed by atoms with Gasteiger partial charge < -0.3 is 15.4 Å². The van der Waals surface area contributed by atoms with Crippen molar-refractivity contribution in [3.8, 4) is 0 Å². The van der Waals surface area contributed by atoms with E-state index in [0.29, 0.717) is 12.6 Å². The maximum Gasteiger partial charge on any atom is 0.416 e. The third-order valence-corrected chi connectivity index (χ3v) is 2.95. The van der Waals surface area contributed by atoms with Crippen molar-refractivity contribution in [2.45, 2.75) is 46.0 Å². The molecule has 0 bridgehead atoms. The van der Waals surface area contributed by atoms with Crippen molar-refractivity contribution in [1.82, 2.24) is 10.6 Å². The van der Waals surface area contributed by atoms with Crippen LogP contribution in [0.3, 0.4) is 0 Å². The number of benzene rings is 1. The van der Waals surface area contributed by atoms with E-state index in [2.05, 4.69) is 15.6 Å². The number of aliphatic imine (C=N–C) groups is 1. The number of carbonyl (C=O) groups is 1. The molecule has 27 heavy (non-hydrogen) atoms. The van der Waals surface area contributed by atoms with Gasteiger partial charge in [-0.05, 0) is 45.4 Å². The standard InChI is InChI=1S/C17H23F4N3O2.HI/c1-5-22-15(24-10-14(25)26-16(2,3)4)23-9-11-6-7-12(18)8-13(11)17(19,20)21;/h6-8H,5,9-10H2,1-4H3,(H2,22,23,24);1H. The van der Waals surface area contributed by atoms with E-state index < -0.39 is 29.1 Å². The molecule has 1 rings (SSSR count). The number of hydrogen-bond donors (Lipinski definition) is 2.